The lowest BCUT2D eigenvalue weighted by molar-refractivity contribution is 0.212. The molecule has 2 aromatic carbocycles. The topological polar surface area (TPSA) is 24.7 Å². The number of nitrogens with zero attached hydrogens (tertiary/aromatic N) is 2. The number of hydrogen-bond donors (Lipinski definition) is 0. The van der Waals surface area contributed by atoms with Crippen molar-refractivity contribution in [2.75, 3.05) is 0 Å². The highest BCUT2D eigenvalue weighted by Crippen LogP contribution is 2.38. The summed E-state index contributed by atoms with van der Waals surface area (Å²) in [4.78, 5) is 0. The molecule has 34 heavy (non-hydrogen) atoms. The molecule has 1 unspecified atom stereocenters. The number of hydrogen-bond acceptors (Lipinski definition) is 2. The van der Waals surface area contributed by atoms with Crippen LogP contribution < -0.4 is 0 Å². The van der Waals surface area contributed by atoms with Crippen molar-refractivity contribution in [1.82, 2.24) is 0 Å². The van der Waals surface area contributed by atoms with E-state index < -0.39 is 0 Å². The van der Waals surface area contributed by atoms with Crippen molar-refractivity contribution in [3.63, 3.8) is 0 Å². The Morgan fingerprint density at radius 1 is 0.971 bits per heavy atom. The summed E-state index contributed by atoms with van der Waals surface area (Å²) in [5.74, 6) is 2.29. The minimum absolute atomic E-state index is 0.507. The first kappa shape index (κ1) is 26.1. The van der Waals surface area contributed by atoms with Crippen LogP contribution in [-0.2, 0) is 6.42 Å². The van der Waals surface area contributed by atoms with Crippen LogP contribution in [0, 0.1) is 17.8 Å². The molecule has 1 saturated carbocycles. The van der Waals surface area contributed by atoms with Crippen LogP contribution in [-0.4, -0.2) is 11.9 Å². The van der Waals surface area contributed by atoms with E-state index in [0.29, 0.717) is 5.92 Å². The lowest BCUT2D eigenvalue weighted by atomic mass is 9.72. The van der Waals surface area contributed by atoms with Crippen LogP contribution in [0.1, 0.15) is 94.7 Å². The summed E-state index contributed by atoms with van der Waals surface area (Å²) in [6.07, 6.45) is 17.7. The van der Waals surface area contributed by atoms with E-state index in [1.807, 2.05) is 12.3 Å². The van der Waals surface area contributed by atoms with E-state index in [1.54, 1.807) is 0 Å². The Kier molecular flexibility index (Phi) is 11.3. The molecule has 0 N–H and O–H groups in total. The lowest BCUT2D eigenvalue weighted by Crippen LogP contribution is -2.26. The molecule has 2 heteroatoms. The fourth-order valence-corrected chi connectivity index (χ4v) is 5.54. The van der Waals surface area contributed by atoms with E-state index >= 15 is 0 Å². The summed E-state index contributed by atoms with van der Waals surface area (Å²) in [5.41, 5.74) is 4.89. The maximum atomic E-state index is 4.81. The maximum Gasteiger partial charge on any atom is 0.0733 e. The van der Waals surface area contributed by atoms with Crippen molar-refractivity contribution in [3.8, 4) is 0 Å². The second-order valence-corrected chi connectivity index (χ2v) is 9.94. The number of unbranched alkanes of at least 4 members (excludes halogenated alkanes) is 2. The van der Waals surface area contributed by atoms with Gasteiger partial charge >= 0.3 is 0 Å². The zero-order valence-electron chi connectivity index (χ0n) is 21.5. The molecule has 2 aromatic rings. The second kappa shape index (κ2) is 14.7. The predicted octanol–water partition coefficient (Wildman–Crippen LogP) is 9.04. The molecule has 1 atom stereocenters. The van der Waals surface area contributed by atoms with Crippen molar-refractivity contribution in [2.24, 2.45) is 28.0 Å². The molecule has 3 rings (SSSR count). The molecule has 0 heterocycles. The summed E-state index contributed by atoms with van der Waals surface area (Å²) in [7, 11) is 0. The van der Waals surface area contributed by atoms with Gasteiger partial charge in [-0.1, -0.05) is 93.8 Å². The molecule has 0 bridgehead atoms. The fourth-order valence-electron chi connectivity index (χ4n) is 5.54. The lowest BCUT2D eigenvalue weighted by Gasteiger charge is -2.34. The van der Waals surface area contributed by atoms with Gasteiger partial charge in [0.2, 0.25) is 0 Å². The van der Waals surface area contributed by atoms with Gasteiger partial charge in [-0.25, -0.2) is 0 Å². The molecule has 2 nitrogen and oxygen atoms in total. The highest BCUT2D eigenvalue weighted by atomic mass is 15.2. The molecule has 1 fully saturated rings. The normalized spacial score (nSPS) is 19.9. The van der Waals surface area contributed by atoms with Crippen molar-refractivity contribution < 1.29 is 0 Å². The second-order valence-electron chi connectivity index (χ2n) is 9.94. The summed E-state index contributed by atoms with van der Waals surface area (Å²) >= 11 is 0. The average Bonchev–Trinajstić information content (AvgIpc) is 2.89. The predicted molar refractivity (Wildman–Crippen MR) is 149 cm³/mol. The maximum absolute atomic E-state index is 4.81. The first-order valence-corrected chi connectivity index (χ1v) is 13.6. The van der Waals surface area contributed by atoms with Crippen LogP contribution in [0.2, 0.25) is 0 Å². The third-order valence-corrected chi connectivity index (χ3v) is 7.55. The van der Waals surface area contributed by atoms with Gasteiger partial charge in [0.1, 0.15) is 0 Å². The Hall–Kier alpha value is -2.48. The SMILES string of the molecule is C=CCCCCc1ccc(C=NN=C(c2ccccc2)C2CCC(C(CC)CCC)CC2)cc1. The molecule has 0 aliphatic heterocycles. The number of benzene rings is 2. The highest BCUT2D eigenvalue weighted by molar-refractivity contribution is 6.02. The molecule has 0 spiro atoms. The van der Waals surface area contributed by atoms with Gasteiger partial charge in [-0.15, -0.1) is 6.58 Å². The van der Waals surface area contributed by atoms with Crippen LogP contribution in [0.5, 0.6) is 0 Å². The van der Waals surface area contributed by atoms with E-state index in [2.05, 4.69) is 80.1 Å². The zero-order chi connectivity index (χ0) is 24.0. The van der Waals surface area contributed by atoms with Crippen molar-refractivity contribution in [3.05, 3.63) is 83.9 Å². The summed E-state index contributed by atoms with van der Waals surface area (Å²) < 4.78 is 0. The smallest absolute Gasteiger partial charge is 0.0733 e. The molecule has 1 aliphatic rings. The van der Waals surface area contributed by atoms with Gasteiger partial charge in [0.25, 0.3) is 0 Å². The van der Waals surface area contributed by atoms with Crippen LogP contribution in [0.15, 0.2) is 77.5 Å². The van der Waals surface area contributed by atoms with Gasteiger partial charge in [-0.2, -0.15) is 10.2 Å². The third-order valence-electron chi connectivity index (χ3n) is 7.55. The van der Waals surface area contributed by atoms with Crippen LogP contribution in [0.3, 0.4) is 0 Å². The average molecular weight is 457 g/mol. The summed E-state index contributed by atoms with van der Waals surface area (Å²) in [5, 5.41) is 9.37. The molecule has 0 aromatic heterocycles. The van der Waals surface area contributed by atoms with Crippen molar-refractivity contribution in [1.29, 1.82) is 0 Å². The number of aryl methyl sites for hydroxylation is 1. The standard InChI is InChI=1S/C32H44N2/c1-4-7-8-10-14-26-17-19-27(20-18-26)25-33-34-32(30-15-11-9-12-16-30)31-23-21-29(22-24-31)28(6-3)13-5-2/h4,9,11-12,15-20,25,28-29,31H,1,5-8,10,13-14,21-24H2,2-3H3. The fraction of sp³-hybridized carbons (Fsp3) is 0.500. The molecule has 182 valence electrons. The first-order valence-electron chi connectivity index (χ1n) is 13.6. The molecular weight excluding hydrogens is 412 g/mol. The quantitative estimate of drug-likeness (QED) is 0.124. The molecule has 0 saturated heterocycles. The first-order chi connectivity index (χ1) is 16.7. The minimum atomic E-state index is 0.507. The zero-order valence-corrected chi connectivity index (χ0v) is 21.5. The Labute approximate surface area is 208 Å². The Bertz CT molecular complexity index is 886. The van der Waals surface area contributed by atoms with Gasteiger partial charge < -0.3 is 0 Å². The van der Waals surface area contributed by atoms with Crippen molar-refractivity contribution in [2.45, 2.75) is 84.5 Å². The van der Waals surface area contributed by atoms with Crippen molar-refractivity contribution >= 4 is 11.9 Å². The van der Waals surface area contributed by atoms with E-state index in [9.17, 15) is 0 Å². The van der Waals surface area contributed by atoms with Crippen LogP contribution in [0.4, 0.5) is 0 Å². The minimum Gasteiger partial charge on any atom is -0.158 e. The molecular formula is C32H44N2. The van der Waals surface area contributed by atoms with E-state index in [0.717, 1.165) is 36.0 Å². The summed E-state index contributed by atoms with van der Waals surface area (Å²) in [6, 6.07) is 19.4. The monoisotopic (exact) mass is 456 g/mol. The summed E-state index contributed by atoms with van der Waals surface area (Å²) in [6.45, 7) is 8.49. The third kappa shape index (κ3) is 8.08. The number of rotatable bonds is 13. The Morgan fingerprint density at radius 3 is 2.35 bits per heavy atom. The van der Waals surface area contributed by atoms with E-state index in [-0.39, 0.29) is 0 Å². The molecule has 0 amide bonds. The largest absolute Gasteiger partial charge is 0.158 e. The Balaban J connectivity index is 1.65. The molecule has 0 radical (unpaired) electrons. The number of allylic oxidation sites excluding steroid dienone is 1. The van der Waals surface area contributed by atoms with E-state index in [4.69, 9.17) is 5.10 Å². The van der Waals surface area contributed by atoms with Crippen LogP contribution >= 0.6 is 0 Å². The van der Waals surface area contributed by atoms with Gasteiger partial charge in [-0.05, 0) is 79.9 Å². The van der Waals surface area contributed by atoms with Gasteiger partial charge in [-0.3, -0.25) is 0 Å². The van der Waals surface area contributed by atoms with E-state index in [1.165, 1.54) is 68.9 Å². The highest BCUT2D eigenvalue weighted by Gasteiger charge is 2.29. The molecule has 1 aliphatic carbocycles. The van der Waals surface area contributed by atoms with Gasteiger partial charge in [0.05, 0.1) is 11.9 Å². The van der Waals surface area contributed by atoms with Crippen LogP contribution in [0.25, 0.3) is 0 Å². The Morgan fingerprint density at radius 2 is 1.71 bits per heavy atom. The van der Waals surface area contributed by atoms with Gasteiger partial charge in [0, 0.05) is 5.92 Å². The van der Waals surface area contributed by atoms with Gasteiger partial charge in [0.15, 0.2) is 0 Å².